The molecule has 1 heteroatoms. The molecule has 0 bridgehead atoms. The second kappa shape index (κ2) is 9.40. The van der Waals surface area contributed by atoms with Gasteiger partial charge in [-0.1, -0.05) is 66.7 Å². The van der Waals surface area contributed by atoms with Gasteiger partial charge in [0.25, 0.3) is 0 Å². The Morgan fingerprint density at radius 3 is 2.46 bits per heavy atom. The number of aliphatic hydroxyl groups is 1. The lowest BCUT2D eigenvalue weighted by Gasteiger charge is -2.52. The predicted octanol–water partition coefficient (Wildman–Crippen LogP) is 8.00. The Labute approximate surface area is 176 Å². The van der Waals surface area contributed by atoms with Gasteiger partial charge in [-0.2, -0.15) is 0 Å². The Balaban J connectivity index is 1.57. The second-order valence-electron chi connectivity index (χ2n) is 12.3. The number of hydrogen-bond acceptors (Lipinski definition) is 1. The summed E-state index contributed by atoms with van der Waals surface area (Å²) in [6.45, 7) is 12.5. The molecule has 0 aromatic heterocycles. The summed E-state index contributed by atoms with van der Waals surface area (Å²) >= 11 is 0. The molecule has 0 saturated heterocycles. The van der Waals surface area contributed by atoms with E-state index < -0.39 is 0 Å². The van der Waals surface area contributed by atoms with Crippen molar-refractivity contribution < 1.29 is 5.11 Å². The van der Waals surface area contributed by atoms with Crippen molar-refractivity contribution in [2.24, 2.45) is 40.4 Å². The lowest BCUT2D eigenvalue weighted by Crippen LogP contribution is -2.44. The highest BCUT2D eigenvalue weighted by atomic mass is 16.3. The topological polar surface area (TPSA) is 20.2 Å². The third-order valence-electron chi connectivity index (χ3n) is 9.89. The van der Waals surface area contributed by atoms with Gasteiger partial charge >= 0.3 is 0 Å². The summed E-state index contributed by atoms with van der Waals surface area (Å²) < 4.78 is 0. The maximum Gasteiger partial charge on any atom is 0.0543 e. The van der Waals surface area contributed by atoms with Crippen LogP contribution in [-0.4, -0.2) is 11.2 Å². The number of fused-ring (bicyclic) bond motifs is 1. The molecule has 7 atom stereocenters. The molecule has 1 nitrogen and oxygen atoms in total. The molecule has 0 aromatic rings. The molecule has 3 aliphatic rings. The summed E-state index contributed by atoms with van der Waals surface area (Å²) in [5, 5.41) is 10.2. The predicted molar refractivity (Wildman–Crippen MR) is 121 cm³/mol. The van der Waals surface area contributed by atoms with E-state index in [1.807, 2.05) is 0 Å². The summed E-state index contributed by atoms with van der Waals surface area (Å²) in [7, 11) is 0. The quantitative estimate of drug-likeness (QED) is 0.445. The minimum absolute atomic E-state index is 0.0137. The fourth-order valence-corrected chi connectivity index (χ4v) is 7.89. The first kappa shape index (κ1) is 22.6. The fourth-order valence-electron chi connectivity index (χ4n) is 7.89. The van der Waals surface area contributed by atoms with Crippen molar-refractivity contribution in [3.05, 3.63) is 0 Å². The summed E-state index contributed by atoms with van der Waals surface area (Å²) in [5.74, 6) is 4.42. The molecule has 3 aliphatic carbocycles. The Bertz CT molecular complexity index is 485. The monoisotopic (exact) mass is 390 g/mol. The maximum absolute atomic E-state index is 10.2. The molecule has 3 rings (SSSR count). The van der Waals surface area contributed by atoms with E-state index in [2.05, 4.69) is 34.6 Å². The van der Waals surface area contributed by atoms with Crippen molar-refractivity contribution in [2.45, 2.75) is 131 Å². The van der Waals surface area contributed by atoms with Gasteiger partial charge in [0.15, 0.2) is 0 Å². The van der Waals surface area contributed by atoms with Crippen molar-refractivity contribution in [3.63, 3.8) is 0 Å². The van der Waals surface area contributed by atoms with Gasteiger partial charge in [0.1, 0.15) is 0 Å². The Kier molecular flexibility index (Phi) is 7.60. The molecular formula is C27H50O. The van der Waals surface area contributed by atoms with Crippen LogP contribution in [0.4, 0.5) is 0 Å². The van der Waals surface area contributed by atoms with Crippen LogP contribution in [-0.2, 0) is 0 Å². The van der Waals surface area contributed by atoms with Crippen molar-refractivity contribution in [1.29, 1.82) is 0 Å². The van der Waals surface area contributed by atoms with Crippen LogP contribution in [0, 0.1) is 40.4 Å². The Hall–Kier alpha value is -0.0400. The van der Waals surface area contributed by atoms with E-state index >= 15 is 0 Å². The fraction of sp³-hybridized carbons (Fsp3) is 1.00. The lowest BCUT2D eigenvalue weighted by atomic mass is 9.53. The molecule has 0 spiro atoms. The molecule has 3 saturated carbocycles. The van der Waals surface area contributed by atoms with Gasteiger partial charge in [0, 0.05) is 0 Å². The normalized spacial score (nSPS) is 42.5. The van der Waals surface area contributed by atoms with E-state index in [-0.39, 0.29) is 6.10 Å². The molecule has 3 fully saturated rings. The summed E-state index contributed by atoms with van der Waals surface area (Å²) in [6.07, 6.45) is 19.2. The van der Waals surface area contributed by atoms with Gasteiger partial charge in [-0.25, -0.2) is 0 Å². The van der Waals surface area contributed by atoms with E-state index in [0.717, 1.165) is 42.4 Å². The third kappa shape index (κ3) is 4.98. The third-order valence-corrected chi connectivity index (χ3v) is 9.89. The zero-order valence-electron chi connectivity index (χ0n) is 19.8. The zero-order valence-corrected chi connectivity index (χ0v) is 19.8. The first-order valence-electron chi connectivity index (χ1n) is 12.9. The average Bonchev–Trinajstić information content (AvgIpc) is 3.02. The van der Waals surface area contributed by atoms with Gasteiger partial charge in [0.2, 0.25) is 0 Å². The first-order chi connectivity index (χ1) is 13.2. The van der Waals surface area contributed by atoms with Crippen LogP contribution >= 0.6 is 0 Å². The molecule has 164 valence electrons. The average molecular weight is 391 g/mol. The van der Waals surface area contributed by atoms with Crippen molar-refractivity contribution in [3.8, 4) is 0 Å². The van der Waals surface area contributed by atoms with E-state index in [9.17, 15) is 5.11 Å². The van der Waals surface area contributed by atoms with Crippen molar-refractivity contribution >= 4 is 0 Å². The highest BCUT2D eigenvalue weighted by molar-refractivity contribution is 4.98. The standard InChI is InChI=1S/C27H50O/c1-20(2)9-6-10-21(3)25-13-8-16-26(25,4)17-14-22-11-7-12-23-19-24(28)15-18-27(22,23)5/h20-25,28H,6-19H2,1-5H3. The van der Waals surface area contributed by atoms with Gasteiger partial charge in [-0.05, 0) is 98.2 Å². The minimum Gasteiger partial charge on any atom is -0.393 e. The summed E-state index contributed by atoms with van der Waals surface area (Å²) in [5.41, 5.74) is 1.11. The molecular weight excluding hydrogens is 340 g/mol. The number of aliphatic hydroxyl groups excluding tert-OH is 1. The van der Waals surface area contributed by atoms with Crippen molar-refractivity contribution in [2.75, 3.05) is 0 Å². The first-order valence-corrected chi connectivity index (χ1v) is 12.9. The summed E-state index contributed by atoms with van der Waals surface area (Å²) in [6, 6.07) is 0. The van der Waals surface area contributed by atoms with Crippen LogP contribution < -0.4 is 0 Å². The molecule has 7 unspecified atom stereocenters. The van der Waals surface area contributed by atoms with Crippen LogP contribution in [0.1, 0.15) is 125 Å². The molecule has 0 heterocycles. The lowest BCUT2D eigenvalue weighted by molar-refractivity contribution is -0.0535. The van der Waals surface area contributed by atoms with Crippen LogP contribution in [0.5, 0.6) is 0 Å². The van der Waals surface area contributed by atoms with E-state index in [0.29, 0.717) is 10.8 Å². The molecule has 0 aromatic carbocycles. The largest absolute Gasteiger partial charge is 0.393 e. The molecule has 0 aliphatic heterocycles. The highest BCUT2D eigenvalue weighted by Gasteiger charge is 2.48. The van der Waals surface area contributed by atoms with Crippen molar-refractivity contribution in [1.82, 2.24) is 0 Å². The van der Waals surface area contributed by atoms with E-state index in [4.69, 9.17) is 0 Å². The Morgan fingerprint density at radius 1 is 0.929 bits per heavy atom. The summed E-state index contributed by atoms with van der Waals surface area (Å²) in [4.78, 5) is 0. The SMILES string of the molecule is CC(C)CCCC(C)C1CCCC1(C)CCC1CCCC2CC(O)CCC12C. The van der Waals surface area contributed by atoms with E-state index in [1.165, 1.54) is 77.0 Å². The molecule has 28 heavy (non-hydrogen) atoms. The molecule has 0 radical (unpaired) electrons. The zero-order chi connectivity index (χ0) is 20.4. The number of hydrogen-bond donors (Lipinski definition) is 1. The molecule has 0 amide bonds. The van der Waals surface area contributed by atoms with Crippen LogP contribution in [0.3, 0.4) is 0 Å². The van der Waals surface area contributed by atoms with Crippen LogP contribution in [0.25, 0.3) is 0 Å². The maximum atomic E-state index is 10.2. The van der Waals surface area contributed by atoms with E-state index in [1.54, 1.807) is 0 Å². The highest BCUT2D eigenvalue weighted by Crippen LogP contribution is 2.57. The van der Waals surface area contributed by atoms with Gasteiger partial charge in [-0.15, -0.1) is 0 Å². The van der Waals surface area contributed by atoms with Gasteiger partial charge < -0.3 is 5.11 Å². The minimum atomic E-state index is -0.0137. The van der Waals surface area contributed by atoms with Crippen LogP contribution in [0.2, 0.25) is 0 Å². The van der Waals surface area contributed by atoms with Gasteiger partial charge in [-0.3, -0.25) is 0 Å². The van der Waals surface area contributed by atoms with Crippen LogP contribution in [0.15, 0.2) is 0 Å². The Morgan fingerprint density at radius 2 is 1.71 bits per heavy atom. The number of rotatable bonds is 8. The van der Waals surface area contributed by atoms with Gasteiger partial charge in [0.05, 0.1) is 6.10 Å². The molecule has 1 N–H and O–H groups in total. The second-order valence-corrected chi connectivity index (χ2v) is 12.3. The smallest absolute Gasteiger partial charge is 0.0543 e.